The molecule has 1 heterocycles. The molecule has 1 aromatic heterocycles. The van der Waals surface area contributed by atoms with Gasteiger partial charge in [-0.05, 0) is 35.9 Å². The van der Waals surface area contributed by atoms with Gasteiger partial charge in [0.1, 0.15) is 0 Å². The maximum absolute atomic E-state index is 6.81. The molecule has 1 aliphatic carbocycles. The Balaban J connectivity index is 2.20. The molecule has 3 atom stereocenters. The minimum Gasteiger partial charge on any atom is -0.409 e. The highest BCUT2D eigenvalue weighted by molar-refractivity contribution is 6.73. The van der Waals surface area contributed by atoms with Gasteiger partial charge >= 0.3 is 0 Å². The Hall–Kier alpha value is -0.133. The second-order valence-electron chi connectivity index (χ2n) is 8.59. The molecule has 3 nitrogen and oxygen atoms in total. The molecule has 148 valence electrons. The topological polar surface area (TPSA) is 34.1 Å². The van der Waals surface area contributed by atoms with E-state index in [9.17, 15) is 0 Å². The highest BCUT2D eigenvalue weighted by Crippen LogP contribution is 2.45. The fourth-order valence-electron chi connectivity index (χ4n) is 3.87. The van der Waals surface area contributed by atoms with Gasteiger partial charge in [0.15, 0.2) is 8.32 Å². The van der Waals surface area contributed by atoms with Gasteiger partial charge in [0, 0.05) is 30.5 Å². The van der Waals surface area contributed by atoms with Gasteiger partial charge in [-0.25, -0.2) is 0 Å². The molecule has 6 heteroatoms. The Labute approximate surface area is 170 Å². The number of halogens is 2. The summed E-state index contributed by atoms with van der Waals surface area (Å²) in [5.74, 6) is 0.720. The van der Waals surface area contributed by atoms with Crippen molar-refractivity contribution in [3.63, 3.8) is 0 Å². The van der Waals surface area contributed by atoms with Crippen molar-refractivity contribution in [2.24, 2.45) is 11.3 Å². The van der Waals surface area contributed by atoms with Crippen LogP contribution in [0.25, 0.3) is 0 Å². The van der Waals surface area contributed by atoms with Gasteiger partial charge in [0.2, 0.25) is 0 Å². The lowest BCUT2D eigenvalue weighted by Crippen LogP contribution is -2.40. The highest BCUT2D eigenvalue weighted by atomic mass is 35.5. The number of hydrogen-bond acceptors (Lipinski definition) is 3. The van der Waals surface area contributed by atoms with E-state index in [4.69, 9.17) is 27.6 Å². The Kier molecular flexibility index (Phi) is 7.60. The number of pyridine rings is 1. The van der Waals surface area contributed by atoms with E-state index in [0.717, 1.165) is 36.2 Å². The molecule has 0 saturated heterocycles. The Morgan fingerprint density at radius 1 is 1.15 bits per heavy atom. The zero-order valence-corrected chi connectivity index (χ0v) is 19.5. The molecule has 0 aromatic carbocycles. The van der Waals surface area contributed by atoms with Crippen molar-refractivity contribution in [3.8, 4) is 0 Å². The predicted molar refractivity (Wildman–Crippen MR) is 115 cm³/mol. The Morgan fingerprint density at radius 2 is 1.69 bits per heavy atom. The molecule has 0 amide bonds. The van der Waals surface area contributed by atoms with E-state index < -0.39 is 8.32 Å². The predicted octanol–water partition coefficient (Wildman–Crippen LogP) is 6.48. The number of hydrogen-bond donors (Lipinski definition) is 1. The Bertz CT molecular complexity index is 573. The van der Waals surface area contributed by atoms with Crippen LogP contribution in [-0.4, -0.2) is 25.9 Å². The van der Waals surface area contributed by atoms with Crippen molar-refractivity contribution in [2.45, 2.75) is 78.2 Å². The van der Waals surface area contributed by atoms with Crippen LogP contribution < -0.4 is 5.32 Å². The molecule has 1 saturated carbocycles. The summed E-state index contributed by atoms with van der Waals surface area (Å²) in [5, 5.41) is 4.91. The summed E-state index contributed by atoms with van der Waals surface area (Å²) < 4.78 is 6.81. The van der Waals surface area contributed by atoms with Crippen molar-refractivity contribution in [1.82, 2.24) is 10.3 Å². The Morgan fingerprint density at radius 3 is 2.12 bits per heavy atom. The maximum atomic E-state index is 6.81. The van der Waals surface area contributed by atoms with Crippen LogP contribution in [-0.2, 0) is 4.43 Å². The van der Waals surface area contributed by atoms with Crippen molar-refractivity contribution < 1.29 is 4.43 Å². The summed E-state index contributed by atoms with van der Waals surface area (Å²) in [6.07, 6.45) is 4.44. The van der Waals surface area contributed by atoms with Gasteiger partial charge < -0.3 is 9.74 Å². The molecule has 1 unspecified atom stereocenters. The van der Waals surface area contributed by atoms with Gasteiger partial charge in [0.05, 0.1) is 16.1 Å². The van der Waals surface area contributed by atoms with Crippen LogP contribution in [0.3, 0.4) is 0 Å². The molecule has 26 heavy (non-hydrogen) atoms. The van der Waals surface area contributed by atoms with Gasteiger partial charge in [-0.2, -0.15) is 0 Å². The third-order valence-electron chi connectivity index (χ3n) is 6.01. The van der Waals surface area contributed by atoms with Crippen LogP contribution in [0.5, 0.6) is 0 Å². The maximum Gasteiger partial charge on any atom is 0.192 e. The molecule has 1 aromatic rings. The van der Waals surface area contributed by atoms with E-state index in [2.05, 4.69) is 51.8 Å². The van der Waals surface area contributed by atoms with Gasteiger partial charge in [-0.1, -0.05) is 64.7 Å². The van der Waals surface area contributed by atoms with Gasteiger partial charge in [0.25, 0.3) is 0 Å². The van der Waals surface area contributed by atoms with E-state index in [1.165, 1.54) is 6.42 Å². The van der Waals surface area contributed by atoms with Crippen LogP contribution >= 0.6 is 23.2 Å². The van der Waals surface area contributed by atoms with Crippen molar-refractivity contribution in [3.05, 3.63) is 28.0 Å². The molecule has 1 N–H and O–H groups in total. The lowest BCUT2D eigenvalue weighted by Gasteiger charge is -2.34. The van der Waals surface area contributed by atoms with Crippen molar-refractivity contribution >= 4 is 31.5 Å². The molecule has 0 spiro atoms. The van der Waals surface area contributed by atoms with Crippen LogP contribution in [0.1, 0.15) is 59.6 Å². The first-order valence-electron chi connectivity index (χ1n) is 9.87. The third-order valence-corrected chi connectivity index (χ3v) is 11.3. The second kappa shape index (κ2) is 8.91. The third kappa shape index (κ3) is 5.23. The highest BCUT2D eigenvalue weighted by Gasteiger charge is 2.45. The second-order valence-corrected chi connectivity index (χ2v) is 14.1. The zero-order valence-electron chi connectivity index (χ0n) is 17.0. The summed E-state index contributed by atoms with van der Waals surface area (Å²) in [5.41, 5.74) is 1.23. The van der Waals surface area contributed by atoms with Crippen molar-refractivity contribution in [1.29, 1.82) is 0 Å². The lowest BCUT2D eigenvalue weighted by atomic mass is 9.90. The fraction of sp³-hybridized carbons (Fsp3) is 0.750. The van der Waals surface area contributed by atoms with E-state index in [0.29, 0.717) is 21.5 Å². The first kappa shape index (κ1) is 22.2. The fourth-order valence-corrected chi connectivity index (χ4v) is 7.28. The van der Waals surface area contributed by atoms with Crippen LogP contribution in [0, 0.1) is 11.3 Å². The van der Waals surface area contributed by atoms with Gasteiger partial charge in [-0.3, -0.25) is 4.98 Å². The molecule has 0 radical (unpaired) electrons. The summed E-state index contributed by atoms with van der Waals surface area (Å²) in [4.78, 5) is 4.11. The summed E-state index contributed by atoms with van der Waals surface area (Å²) >= 11 is 13.0. The smallest absolute Gasteiger partial charge is 0.192 e. The molecular formula is C20H34Cl2N2OSi. The van der Waals surface area contributed by atoms with Gasteiger partial charge in [-0.15, -0.1) is 0 Å². The minimum atomic E-state index is -1.79. The molecule has 2 rings (SSSR count). The van der Waals surface area contributed by atoms with E-state index in [-0.39, 0.29) is 6.10 Å². The largest absolute Gasteiger partial charge is 0.409 e. The molecule has 1 fully saturated rings. The number of aromatic nitrogens is 1. The molecule has 0 bridgehead atoms. The van der Waals surface area contributed by atoms with Crippen LogP contribution in [0.4, 0.5) is 0 Å². The van der Waals surface area contributed by atoms with Crippen LogP contribution in [0.2, 0.25) is 28.2 Å². The number of nitrogens with one attached hydrogen (secondary N) is 1. The number of rotatable bonds is 9. The average Bonchev–Trinajstić information content (AvgIpc) is 3.37. The monoisotopic (exact) mass is 416 g/mol. The first-order valence-corrected chi connectivity index (χ1v) is 13.2. The first-order chi connectivity index (χ1) is 12.2. The van der Waals surface area contributed by atoms with Crippen molar-refractivity contribution in [2.75, 3.05) is 6.54 Å². The quantitative estimate of drug-likeness (QED) is 0.467. The van der Waals surface area contributed by atoms with E-state index >= 15 is 0 Å². The summed E-state index contributed by atoms with van der Waals surface area (Å²) in [7, 11) is -1.79. The van der Waals surface area contributed by atoms with E-state index in [1.54, 1.807) is 12.4 Å². The van der Waals surface area contributed by atoms with Crippen LogP contribution in [0.15, 0.2) is 12.4 Å². The SMILES string of the molecule is CC[Si](CC)(CC)OC(CN[C@@H]1C[C@H]1C(C)(C)C)c1c(Cl)cncc1Cl. The standard InChI is InChI=1S/C20H34Cl2N2OSi/c1-7-26(8-2,9-3)25-18(19-15(21)11-23-12-16(19)22)13-24-17-10-14(17)20(4,5)6/h11-12,14,17-18,24H,7-10,13H2,1-6H3/t14-,17-,18?/m1/s1. The summed E-state index contributed by atoms with van der Waals surface area (Å²) in [6.45, 7) is 14.4. The van der Waals surface area contributed by atoms with E-state index in [1.807, 2.05) is 0 Å². The normalized spacial score (nSPS) is 21.7. The zero-order chi connectivity index (χ0) is 19.5. The summed E-state index contributed by atoms with van der Waals surface area (Å²) in [6, 6.07) is 3.86. The molecular weight excluding hydrogens is 383 g/mol. The molecule has 1 aliphatic rings. The minimum absolute atomic E-state index is 0.120. The number of nitrogens with zero attached hydrogens (tertiary/aromatic N) is 1. The molecule has 0 aliphatic heterocycles. The average molecular weight is 417 g/mol. The lowest BCUT2D eigenvalue weighted by molar-refractivity contribution is 0.183.